The van der Waals surface area contributed by atoms with E-state index in [0.717, 1.165) is 10.0 Å². The van der Waals surface area contributed by atoms with Gasteiger partial charge in [0.1, 0.15) is 12.4 Å². The summed E-state index contributed by atoms with van der Waals surface area (Å²) in [6, 6.07) is 9.65. The van der Waals surface area contributed by atoms with Crippen molar-refractivity contribution in [3.63, 3.8) is 0 Å². The van der Waals surface area contributed by atoms with Crippen LogP contribution >= 0.6 is 31.9 Å². The minimum Gasteiger partial charge on any atom is -0.487 e. The van der Waals surface area contributed by atoms with Crippen LogP contribution in [0.3, 0.4) is 0 Å². The van der Waals surface area contributed by atoms with Gasteiger partial charge in [0.05, 0.1) is 15.6 Å². The highest BCUT2D eigenvalue weighted by atomic mass is 79.9. The molecule has 0 amide bonds. The van der Waals surface area contributed by atoms with Crippen LogP contribution in [0, 0.1) is 10.1 Å². The molecule has 0 spiro atoms. The van der Waals surface area contributed by atoms with Crippen LogP contribution in [-0.4, -0.2) is 16.3 Å². The molecule has 0 saturated carbocycles. The van der Waals surface area contributed by atoms with Gasteiger partial charge >= 0.3 is 0 Å². The van der Waals surface area contributed by atoms with Gasteiger partial charge in [-0.15, -0.1) is 0 Å². The Labute approximate surface area is 142 Å². The van der Waals surface area contributed by atoms with Crippen molar-refractivity contribution in [3.8, 4) is 5.75 Å². The largest absolute Gasteiger partial charge is 0.487 e. The van der Waals surface area contributed by atoms with Crippen LogP contribution in [0.2, 0.25) is 0 Å². The maximum atomic E-state index is 10.6. The molecular formula is C14H10Br2N2O4. The van der Waals surface area contributed by atoms with E-state index in [0.29, 0.717) is 15.8 Å². The number of nitro benzene ring substituents is 1. The second-order valence-electron chi connectivity index (χ2n) is 4.26. The lowest BCUT2D eigenvalue weighted by atomic mass is 10.2. The van der Waals surface area contributed by atoms with Gasteiger partial charge in [-0.2, -0.15) is 0 Å². The molecule has 6 nitrogen and oxygen atoms in total. The number of benzene rings is 2. The third-order valence-electron chi connectivity index (χ3n) is 2.76. The van der Waals surface area contributed by atoms with Gasteiger partial charge in [-0.1, -0.05) is 21.1 Å². The molecule has 0 heterocycles. The highest BCUT2D eigenvalue weighted by molar-refractivity contribution is 9.11. The highest BCUT2D eigenvalue weighted by Gasteiger charge is 2.10. The topological polar surface area (TPSA) is 85.0 Å². The van der Waals surface area contributed by atoms with E-state index >= 15 is 0 Å². The summed E-state index contributed by atoms with van der Waals surface area (Å²) in [5, 5.41) is 22.3. The quantitative estimate of drug-likeness (QED) is 0.328. The lowest BCUT2D eigenvalue weighted by molar-refractivity contribution is -0.384. The van der Waals surface area contributed by atoms with E-state index in [-0.39, 0.29) is 12.3 Å². The molecule has 0 aliphatic rings. The Balaban J connectivity index is 2.19. The molecule has 2 rings (SSSR count). The van der Waals surface area contributed by atoms with Crippen molar-refractivity contribution in [3.05, 3.63) is 66.6 Å². The van der Waals surface area contributed by atoms with Crippen molar-refractivity contribution in [1.29, 1.82) is 0 Å². The minimum atomic E-state index is -0.453. The number of nitrogens with zero attached hydrogens (tertiary/aromatic N) is 2. The molecule has 0 aromatic heterocycles. The van der Waals surface area contributed by atoms with Crippen LogP contribution in [0.25, 0.3) is 0 Å². The second kappa shape index (κ2) is 7.37. The fourth-order valence-corrected chi connectivity index (χ4v) is 3.13. The average Bonchev–Trinajstić information content (AvgIpc) is 2.47. The molecule has 114 valence electrons. The van der Waals surface area contributed by atoms with E-state index in [1.54, 1.807) is 24.3 Å². The summed E-state index contributed by atoms with van der Waals surface area (Å²) in [5.41, 5.74) is 1.40. The van der Waals surface area contributed by atoms with Gasteiger partial charge in [0.2, 0.25) is 0 Å². The maximum absolute atomic E-state index is 10.6. The van der Waals surface area contributed by atoms with Crippen LogP contribution in [0.15, 0.2) is 50.5 Å². The Morgan fingerprint density at radius 1 is 1.27 bits per heavy atom. The first-order valence-electron chi connectivity index (χ1n) is 6.04. The van der Waals surface area contributed by atoms with Crippen LogP contribution in [0.4, 0.5) is 5.69 Å². The van der Waals surface area contributed by atoms with Crippen LogP contribution in [-0.2, 0) is 6.61 Å². The third kappa shape index (κ3) is 4.05. The van der Waals surface area contributed by atoms with Crippen molar-refractivity contribution in [1.82, 2.24) is 0 Å². The summed E-state index contributed by atoms with van der Waals surface area (Å²) in [5.74, 6) is 0.513. The van der Waals surface area contributed by atoms with Gasteiger partial charge in [0, 0.05) is 22.2 Å². The van der Waals surface area contributed by atoms with Gasteiger partial charge < -0.3 is 9.94 Å². The number of halogens is 2. The number of rotatable bonds is 5. The summed E-state index contributed by atoms with van der Waals surface area (Å²) in [6.07, 6.45) is 1.26. The van der Waals surface area contributed by atoms with E-state index in [2.05, 4.69) is 37.0 Å². The molecule has 1 N–H and O–H groups in total. The number of hydrogen-bond donors (Lipinski definition) is 1. The smallest absolute Gasteiger partial charge is 0.269 e. The van der Waals surface area contributed by atoms with Gasteiger partial charge in [0.15, 0.2) is 0 Å². The zero-order chi connectivity index (χ0) is 16.1. The summed E-state index contributed by atoms with van der Waals surface area (Å²) in [7, 11) is 0. The van der Waals surface area contributed by atoms with E-state index in [1.807, 2.05) is 0 Å². The minimum absolute atomic E-state index is 0.0293. The summed E-state index contributed by atoms with van der Waals surface area (Å²) in [6.45, 7) is 0.227. The Hall–Kier alpha value is -1.93. The van der Waals surface area contributed by atoms with Gasteiger partial charge in [0.25, 0.3) is 5.69 Å². The van der Waals surface area contributed by atoms with Crippen molar-refractivity contribution < 1.29 is 14.9 Å². The summed E-state index contributed by atoms with van der Waals surface area (Å²) >= 11 is 6.73. The van der Waals surface area contributed by atoms with Crippen LogP contribution in [0.1, 0.15) is 11.1 Å². The van der Waals surface area contributed by atoms with E-state index < -0.39 is 4.92 Å². The summed E-state index contributed by atoms with van der Waals surface area (Å²) in [4.78, 5) is 10.2. The predicted molar refractivity (Wildman–Crippen MR) is 88.7 cm³/mol. The molecule has 2 aromatic rings. The molecule has 0 aliphatic heterocycles. The van der Waals surface area contributed by atoms with Gasteiger partial charge in [-0.3, -0.25) is 10.1 Å². The Morgan fingerprint density at radius 2 is 1.95 bits per heavy atom. The zero-order valence-corrected chi connectivity index (χ0v) is 14.2. The van der Waals surface area contributed by atoms with Crippen molar-refractivity contribution in [2.24, 2.45) is 5.16 Å². The molecule has 8 heteroatoms. The molecule has 0 fully saturated rings. The molecule has 2 aromatic carbocycles. The molecular weight excluding hydrogens is 420 g/mol. The van der Waals surface area contributed by atoms with E-state index in [4.69, 9.17) is 9.94 Å². The number of oxime groups is 1. The van der Waals surface area contributed by atoms with E-state index in [9.17, 15) is 10.1 Å². The Kier molecular flexibility index (Phi) is 5.51. The van der Waals surface area contributed by atoms with Crippen molar-refractivity contribution >= 4 is 43.8 Å². The van der Waals surface area contributed by atoms with Crippen LogP contribution in [0.5, 0.6) is 5.75 Å². The van der Waals surface area contributed by atoms with Gasteiger partial charge in [-0.05, 0) is 45.8 Å². The molecule has 0 saturated heterocycles. The van der Waals surface area contributed by atoms with Crippen LogP contribution < -0.4 is 4.74 Å². The molecule has 0 aliphatic carbocycles. The number of ether oxygens (including phenoxy) is 1. The first-order chi connectivity index (χ1) is 10.5. The maximum Gasteiger partial charge on any atom is 0.269 e. The fraction of sp³-hybridized carbons (Fsp3) is 0.0714. The van der Waals surface area contributed by atoms with Crippen molar-refractivity contribution in [2.45, 2.75) is 6.61 Å². The number of nitro groups is 1. The summed E-state index contributed by atoms with van der Waals surface area (Å²) < 4.78 is 7.22. The standard InChI is InChI=1S/C14H10Br2N2O4/c15-11-5-10(7-17-19)14(13(16)6-11)22-8-9-1-3-12(4-2-9)18(20)21/h1-7,19H,8H2/b17-7-. The predicted octanol–water partition coefficient (Wildman–Crippen LogP) is 4.51. The van der Waals surface area contributed by atoms with E-state index in [1.165, 1.54) is 18.3 Å². The Bertz CT molecular complexity index is 718. The molecule has 0 unspecified atom stereocenters. The zero-order valence-electron chi connectivity index (χ0n) is 11.1. The molecule has 0 atom stereocenters. The lowest BCUT2D eigenvalue weighted by Gasteiger charge is -2.11. The SMILES string of the molecule is O=[N+]([O-])c1ccc(COc2c(Br)cc(Br)cc2/C=N\O)cc1. The third-order valence-corrected chi connectivity index (χ3v) is 3.81. The molecule has 0 radical (unpaired) electrons. The fourth-order valence-electron chi connectivity index (χ4n) is 1.76. The van der Waals surface area contributed by atoms with Crippen molar-refractivity contribution in [2.75, 3.05) is 0 Å². The first kappa shape index (κ1) is 16.4. The first-order valence-corrected chi connectivity index (χ1v) is 7.62. The monoisotopic (exact) mass is 428 g/mol. The lowest BCUT2D eigenvalue weighted by Crippen LogP contribution is -2.00. The highest BCUT2D eigenvalue weighted by Crippen LogP contribution is 2.32. The molecule has 0 bridgehead atoms. The Morgan fingerprint density at radius 3 is 2.55 bits per heavy atom. The molecule has 22 heavy (non-hydrogen) atoms. The second-order valence-corrected chi connectivity index (χ2v) is 6.03. The normalized spacial score (nSPS) is 10.8. The van der Waals surface area contributed by atoms with Gasteiger partial charge in [-0.25, -0.2) is 0 Å². The number of non-ortho nitro benzene ring substituents is 1. The number of hydrogen-bond acceptors (Lipinski definition) is 5. The average molecular weight is 430 g/mol.